The van der Waals surface area contributed by atoms with Gasteiger partial charge in [-0.05, 0) is 32.9 Å². The molecule has 1 aromatic heterocycles. The van der Waals surface area contributed by atoms with Gasteiger partial charge >= 0.3 is 0 Å². The minimum atomic E-state index is 0.000000000000000444. The molecule has 0 fully saturated rings. The van der Waals surface area contributed by atoms with Crippen molar-refractivity contribution in [1.82, 2.24) is 9.88 Å². The van der Waals surface area contributed by atoms with Gasteiger partial charge in [-0.2, -0.15) is 0 Å². The minimum absolute atomic E-state index is 0.000000000000000444. The summed E-state index contributed by atoms with van der Waals surface area (Å²) in [5, 5.41) is 0. The molecule has 0 bridgehead atoms. The number of anilines is 1. The first-order chi connectivity index (χ1) is 7.06. The van der Waals surface area contributed by atoms with Gasteiger partial charge in [0.1, 0.15) is 5.82 Å². The topological polar surface area (TPSA) is 59.2 Å². The maximum atomic E-state index is 12.0. The fourth-order valence-electron chi connectivity index (χ4n) is 1.44. The van der Waals surface area contributed by atoms with Crippen molar-refractivity contribution in [1.29, 1.82) is 0 Å². The van der Waals surface area contributed by atoms with Crippen LogP contribution in [0.1, 0.15) is 31.1 Å². The number of carbonyl (C=O) groups excluding carboxylic acids is 1. The van der Waals surface area contributed by atoms with E-state index in [-0.39, 0.29) is 11.9 Å². The summed E-state index contributed by atoms with van der Waals surface area (Å²) in [5.41, 5.74) is 6.04. The third-order valence-corrected chi connectivity index (χ3v) is 2.26. The molecule has 4 heteroatoms. The Kier molecular flexibility index (Phi) is 3.66. The molecular formula is C11H17N3O. The molecule has 0 aliphatic rings. The number of rotatable bonds is 3. The highest BCUT2D eigenvalue weighted by Crippen LogP contribution is 2.08. The standard InChI is InChI=1S/C11H17N3O/c1-4-14(8(2)3)11(15)9-5-6-10(12)13-7-9/h5-8H,4H2,1-3H3,(H2,12,13). The molecule has 0 radical (unpaired) electrons. The summed E-state index contributed by atoms with van der Waals surface area (Å²) in [6.07, 6.45) is 1.52. The van der Waals surface area contributed by atoms with Gasteiger partial charge in [-0.3, -0.25) is 4.79 Å². The van der Waals surface area contributed by atoms with Crippen LogP contribution in [0.2, 0.25) is 0 Å². The van der Waals surface area contributed by atoms with E-state index in [1.54, 1.807) is 17.0 Å². The van der Waals surface area contributed by atoms with Crippen LogP contribution in [0, 0.1) is 0 Å². The van der Waals surface area contributed by atoms with Gasteiger partial charge in [0.15, 0.2) is 0 Å². The van der Waals surface area contributed by atoms with E-state index in [2.05, 4.69) is 4.98 Å². The van der Waals surface area contributed by atoms with Crippen molar-refractivity contribution in [3.05, 3.63) is 23.9 Å². The van der Waals surface area contributed by atoms with Crippen molar-refractivity contribution in [3.63, 3.8) is 0 Å². The van der Waals surface area contributed by atoms with E-state index in [1.165, 1.54) is 6.20 Å². The Hall–Kier alpha value is -1.58. The fourth-order valence-corrected chi connectivity index (χ4v) is 1.44. The van der Waals surface area contributed by atoms with Gasteiger partial charge in [0.25, 0.3) is 5.91 Å². The molecule has 2 N–H and O–H groups in total. The Morgan fingerprint density at radius 2 is 2.20 bits per heavy atom. The number of nitrogen functional groups attached to an aromatic ring is 1. The van der Waals surface area contributed by atoms with E-state index < -0.39 is 0 Å². The summed E-state index contributed by atoms with van der Waals surface area (Å²) < 4.78 is 0. The van der Waals surface area contributed by atoms with Crippen LogP contribution in [0.25, 0.3) is 0 Å². The van der Waals surface area contributed by atoms with E-state index in [9.17, 15) is 4.79 Å². The lowest BCUT2D eigenvalue weighted by Gasteiger charge is -2.24. The van der Waals surface area contributed by atoms with Crippen molar-refractivity contribution in [2.24, 2.45) is 0 Å². The summed E-state index contributed by atoms with van der Waals surface area (Å²) in [5.74, 6) is 0.430. The molecule has 0 atom stereocenters. The predicted molar refractivity (Wildman–Crippen MR) is 60.5 cm³/mol. The smallest absolute Gasteiger partial charge is 0.255 e. The van der Waals surface area contributed by atoms with E-state index in [4.69, 9.17) is 5.73 Å². The van der Waals surface area contributed by atoms with E-state index in [0.29, 0.717) is 17.9 Å². The number of hydrogen-bond acceptors (Lipinski definition) is 3. The molecular weight excluding hydrogens is 190 g/mol. The number of amides is 1. The first-order valence-corrected chi connectivity index (χ1v) is 5.08. The Bertz CT molecular complexity index is 332. The highest BCUT2D eigenvalue weighted by Gasteiger charge is 2.16. The zero-order valence-corrected chi connectivity index (χ0v) is 9.40. The number of hydrogen-bond donors (Lipinski definition) is 1. The largest absolute Gasteiger partial charge is 0.384 e. The van der Waals surface area contributed by atoms with Crippen molar-refractivity contribution in [3.8, 4) is 0 Å². The van der Waals surface area contributed by atoms with Crippen LogP contribution in [0.4, 0.5) is 5.82 Å². The summed E-state index contributed by atoms with van der Waals surface area (Å²) in [6, 6.07) is 3.54. The Morgan fingerprint density at radius 3 is 2.60 bits per heavy atom. The van der Waals surface area contributed by atoms with Crippen molar-refractivity contribution >= 4 is 11.7 Å². The highest BCUT2D eigenvalue weighted by molar-refractivity contribution is 5.94. The molecule has 82 valence electrons. The monoisotopic (exact) mass is 207 g/mol. The van der Waals surface area contributed by atoms with Crippen molar-refractivity contribution in [2.75, 3.05) is 12.3 Å². The third-order valence-electron chi connectivity index (χ3n) is 2.26. The second kappa shape index (κ2) is 4.77. The molecule has 0 saturated carbocycles. The van der Waals surface area contributed by atoms with Gasteiger partial charge in [0.2, 0.25) is 0 Å². The maximum Gasteiger partial charge on any atom is 0.255 e. The lowest BCUT2D eigenvalue weighted by atomic mass is 10.2. The number of carbonyl (C=O) groups is 1. The molecule has 15 heavy (non-hydrogen) atoms. The highest BCUT2D eigenvalue weighted by atomic mass is 16.2. The Balaban J connectivity index is 2.88. The van der Waals surface area contributed by atoms with Gasteiger partial charge in [0, 0.05) is 18.8 Å². The third kappa shape index (κ3) is 2.68. The number of aromatic nitrogens is 1. The summed E-state index contributed by atoms with van der Waals surface area (Å²) >= 11 is 0. The van der Waals surface area contributed by atoms with Crippen LogP contribution in [0.3, 0.4) is 0 Å². The van der Waals surface area contributed by atoms with Crippen LogP contribution in [0.15, 0.2) is 18.3 Å². The maximum absolute atomic E-state index is 12.0. The van der Waals surface area contributed by atoms with E-state index in [1.807, 2.05) is 20.8 Å². The molecule has 0 aromatic carbocycles. The second-order valence-electron chi connectivity index (χ2n) is 3.66. The SMILES string of the molecule is CCN(C(=O)c1ccc(N)nc1)C(C)C. The van der Waals surface area contributed by atoms with Gasteiger partial charge in [-0.25, -0.2) is 4.98 Å². The second-order valence-corrected chi connectivity index (χ2v) is 3.66. The first kappa shape index (κ1) is 11.5. The summed E-state index contributed by atoms with van der Waals surface area (Å²) in [7, 11) is 0. The van der Waals surface area contributed by atoms with Gasteiger partial charge in [-0.15, -0.1) is 0 Å². The van der Waals surface area contributed by atoms with Crippen molar-refractivity contribution in [2.45, 2.75) is 26.8 Å². The molecule has 0 spiro atoms. The molecule has 0 aliphatic heterocycles. The van der Waals surface area contributed by atoms with Crippen molar-refractivity contribution < 1.29 is 4.79 Å². The Labute approximate surface area is 90.1 Å². The van der Waals surface area contributed by atoms with Crippen LogP contribution < -0.4 is 5.73 Å². The minimum Gasteiger partial charge on any atom is -0.384 e. The fraction of sp³-hybridized carbons (Fsp3) is 0.455. The molecule has 0 unspecified atom stereocenters. The zero-order chi connectivity index (χ0) is 11.4. The normalized spacial score (nSPS) is 10.4. The van der Waals surface area contributed by atoms with Crippen LogP contribution in [0.5, 0.6) is 0 Å². The van der Waals surface area contributed by atoms with E-state index >= 15 is 0 Å². The van der Waals surface area contributed by atoms with Crippen LogP contribution in [-0.4, -0.2) is 28.4 Å². The van der Waals surface area contributed by atoms with Gasteiger partial charge < -0.3 is 10.6 Å². The number of nitrogens with two attached hydrogens (primary N) is 1. The predicted octanol–water partition coefficient (Wildman–Crippen LogP) is 1.53. The average Bonchev–Trinajstić information content (AvgIpc) is 2.19. The molecule has 0 saturated heterocycles. The van der Waals surface area contributed by atoms with Crippen LogP contribution >= 0.6 is 0 Å². The Morgan fingerprint density at radius 1 is 1.53 bits per heavy atom. The average molecular weight is 207 g/mol. The molecule has 1 rings (SSSR count). The lowest BCUT2D eigenvalue weighted by molar-refractivity contribution is 0.0716. The molecule has 0 aliphatic carbocycles. The molecule has 1 aromatic rings. The quantitative estimate of drug-likeness (QED) is 0.817. The number of nitrogens with zero attached hydrogens (tertiary/aromatic N) is 2. The molecule has 4 nitrogen and oxygen atoms in total. The first-order valence-electron chi connectivity index (χ1n) is 5.08. The summed E-state index contributed by atoms with van der Waals surface area (Å²) in [4.78, 5) is 17.7. The van der Waals surface area contributed by atoms with Gasteiger partial charge in [0.05, 0.1) is 5.56 Å². The van der Waals surface area contributed by atoms with Gasteiger partial charge in [-0.1, -0.05) is 0 Å². The van der Waals surface area contributed by atoms with E-state index in [0.717, 1.165) is 0 Å². The number of pyridine rings is 1. The zero-order valence-electron chi connectivity index (χ0n) is 9.40. The lowest BCUT2D eigenvalue weighted by Crippen LogP contribution is -2.36. The summed E-state index contributed by atoms with van der Waals surface area (Å²) in [6.45, 7) is 6.64. The molecule has 1 heterocycles. The molecule has 1 amide bonds. The van der Waals surface area contributed by atoms with Crippen LogP contribution in [-0.2, 0) is 0 Å².